The Labute approximate surface area is 124 Å². The average Bonchev–Trinajstić information content (AvgIpc) is 3.02. The molecule has 0 aromatic rings. The summed E-state index contributed by atoms with van der Waals surface area (Å²) in [6, 6.07) is 3.85. The molecule has 1 rings (SSSR count). The first kappa shape index (κ1) is 17.0. The standard InChI is InChI=1S/C15H20N2O4/c1-5-7-13(8-6-2)14(9-16,11(18)20-3)15(13,10-17)12(19)21-4/h5-8H2,1-4H3. The minimum atomic E-state index is -1.79. The highest BCUT2D eigenvalue weighted by molar-refractivity contribution is 6.02. The molecule has 21 heavy (non-hydrogen) atoms. The summed E-state index contributed by atoms with van der Waals surface area (Å²) in [4.78, 5) is 24.6. The van der Waals surface area contributed by atoms with Crippen LogP contribution < -0.4 is 0 Å². The van der Waals surface area contributed by atoms with Gasteiger partial charge in [0.1, 0.15) is 0 Å². The number of nitriles is 2. The number of carbonyl (C=O) groups excluding carboxylic acids is 2. The van der Waals surface area contributed by atoms with Crippen LogP contribution in [-0.2, 0) is 19.1 Å². The van der Waals surface area contributed by atoms with Gasteiger partial charge in [-0.2, -0.15) is 10.5 Å². The number of hydrogen-bond acceptors (Lipinski definition) is 6. The lowest BCUT2D eigenvalue weighted by Gasteiger charge is -2.18. The zero-order valence-corrected chi connectivity index (χ0v) is 12.9. The van der Waals surface area contributed by atoms with Gasteiger partial charge in [0.25, 0.3) is 0 Å². The Kier molecular flexibility index (Phi) is 4.63. The van der Waals surface area contributed by atoms with E-state index in [0.717, 1.165) is 14.2 Å². The second-order valence-electron chi connectivity index (χ2n) is 5.29. The van der Waals surface area contributed by atoms with Crippen LogP contribution in [-0.4, -0.2) is 26.2 Å². The van der Waals surface area contributed by atoms with Crippen molar-refractivity contribution in [2.24, 2.45) is 16.2 Å². The smallest absolute Gasteiger partial charge is 0.329 e. The van der Waals surface area contributed by atoms with Crippen molar-refractivity contribution in [3.8, 4) is 12.1 Å². The van der Waals surface area contributed by atoms with E-state index in [9.17, 15) is 20.1 Å². The lowest BCUT2D eigenvalue weighted by molar-refractivity contribution is -0.153. The van der Waals surface area contributed by atoms with E-state index in [1.54, 1.807) is 0 Å². The molecular weight excluding hydrogens is 272 g/mol. The van der Waals surface area contributed by atoms with Crippen LogP contribution in [0.1, 0.15) is 39.5 Å². The van der Waals surface area contributed by atoms with Gasteiger partial charge in [0.15, 0.2) is 10.8 Å². The van der Waals surface area contributed by atoms with Crippen LogP contribution in [0.4, 0.5) is 0 Å². The predicted octanol–water partition coefficient (Wildman–Crippen LogP) is 1.95. The Morgan fingerprint density at radius 3 is 1.43 bits per heavy atom. The Morgan fingerprint density at radius 1 is 0.905 bits per heavy atom. The van der Waals surface area contributed by atoms with Crippen LogP contribution in [0.2, 0.25) is 0 Å². The molecule has 1 aliphatic carbocycles. The average molecular weight is 292 g/mol. The van der Waals surface area contributed by atoms with Gasteiger partial charge in [0.05, 0.1) is 26.4 Å². The molecule has 1 fully saturated rings. The normalized spacial score (nSPS) is 28.9. The van der Waals surface area contributed by atoms with E-state index in [1.807, 2.05) is 26.0 Å². The van der Waals surface area contributed by atoms with E-state index >= 15 is 0 Å². The van der Waals surface area contributed by atoms with Crippen LogP contribution in [0.3, 0.4) is 0 Å². The van der Waals surface area contributed by atoms with E-state index < -0.39 is 28.2 Å². The molecule has 6 heteroatoms. The van der Waals surface area contributed by atoms with Crippen LogP contribution in [0.15, 0.2) is 0 Å². The maximum absolute atomic E-state index is 12.3. The molecule has 0 aromatic carbocycles. The van der Waals surface area contributed by atoms with Crippen molar-refractivity contribution in [1.82, 2.24) is 0 Å². The van der Waals surface area contributed by atoms with Crippen LogP contribution in [0.5, 0.6) is 0 Å². The molecule has 2 unspecified atom stereocenters. The number of ether oxygens (including phenoxy) is 2. The van der Waals surface area contributed by atoms with Crippen molar-refractivity contribution in [2.75, 3.05) is 14.2 Å². The number of esters is 2. The first-order valence-electron chi connectivity index (χ1n) is 6.95. The summed E-state index contributed by atoms with van der Waals surface area (Å²) in [6.45, 7) is 3.77. The highest BCUT2D eigenvalue weighted by Gasteiger charge is 2.96. The molecule has 0 radical (unpaired) electrons. The number of carbonyl (C=O) groups is 2. The van der Waals surface area contributed by atoms with Gasteiger partial charge in [-0.05, 0) is 12.8 Å². The van der Waals surface area contributed by atoms with Gasteiger partial charge in [-0.3, -0.25) is 9.59 Å². The van der Waals surface area contributed by atoms with Crippen LogP contribution in [0, 0.1) is 38.9 Å². The summed E-state index contributed by atoms with van der Waals surface area (Å²) >= 11 is 0. The molecule has 0 amide bonds. The Hall–Kier alpha value is -2.08. The molecule has 114 valence electrons. The molecule has 0 N–H and O–H groups in total. The molecule has 0 spiro atoms. The number of hydrogen-bond donors (Lipinski definition) is 0. The number of methoxy groups -OCH3 is 2. The minimum Gasteiger partial charge on any atom is -0.468 e. The van der Waals surface area contributed by atoms with E-state index in [4.69, 9.17) is 9.47 Å². The summed E-state index contributed by atoms with van der Waals surface area (Å²) in [5.74, 6) is -1.67. The number of rotatable bonds is 6. The van der Waals surface area contributed by atoms with Crippen molar-refractivity contribution in [3.05, 3.63) is 0 Å². The van der Waals surface area contributed by atoms with E-state index in [0.29, 0.717) is 25.7 Å². The monoisotopic (exact) mass is 292 g/mol. The molecule has 1 aliphatic rings. The Morgan fingerprint density at radius 2 is 1.24 bits per heavy atom. The zero-order valence-electron chi connectivity index (χ0n) is 12.9. The van der Waals surface area contributed by atoms with Gasteiger partial charge < -0.3 is 9.47 Å². The molecule has 0 bridgehead atoms. The SMILES string of the molecule is CCCC1(CCC)C(C#N)(C(=O)OC)C1(C#N)C(=O)OC. The molecule has 0 heterocycles. The second-order valence-corrected chi connectivity index (χ2v) is 5.29. The van der Waals surface area contributed by atoms with Crippen molar-refractivity contribution in [3.63, 3.8) is 0 Å². The summed E-state index contributed by atoms with van der Waals surface area (Å²) in [6.07, 6.45) is 2.10. The molecule has 0 saturated heterocycles. The third kappa shape index (κ3) is 1.62. The first-order chi connectivity index (χ1) is 9.96. The fourth-order valence-corrected chi connectivity index (χ4v) is 3.90. The first-order valence-corrected chi connectivity index (χ1v) is 6.95. The van der Waals surface area contributed by atoms with Crippen LogP contribution in [0.25, 0.3) is 0 Å². The second kappa shape index (κ2) is 5.73. The molecular formula is C15H20N2O4. The third-order valence-corrected chi connectivity index (χ3v) is 4.61. The number of nitrogens with zero attached hydrogens (tertiary/aromatic N) is 2. The lowest BCUT2D eigenvalue weighted by Crippen LogP contribution is -2.29. The summed E-state index contributed by atoms with van der Waals surface area (Å²) < 4.78 is 9.50. The van der Waals surface area contributed by atoms with Gasteiger partial charge >= 0.3 is 11.9 Å². The van der Waals surface area contributed by atoms with Gasteiger partial charge in [-0.15, -0.1) is 0 Å². The zero-order chi connectivity index (χ0) is 16.3. The van der Waals surface area contributed by atoms with Crippen molar-refractivity contribution in [1.29, 1.82) is 10.5 Å². The largest absolute Gasteiger partial charge is 0.468 e. The molecule has 1 saturated carbocycles. The minimum absolute atomic E-state index is 0.409. The molecule has 2 atom stereocenters. The molecule has 0 aromatic heterocycles. The summed E-state index contributed by atoms with van der Waals surface area (Å²) in [7, 11) is 2.31. The van der Waals surface area contributed by atoms with E-state index in [-0.39, 0.29) is 0 Å². The van der Waals surface area contributed by atoms with E-state index in [1.165, 1.54) is 0 Å². The fourth-order valence-electron chi connectivity index (χ4n) is 3.90. The van der Waals surface area contributed by atoms with Crippen LogP contribution >= 0.6 is 0 Å². The Balaban J connectivity index is 3.65. The quantitative estimate of drug-likeness (QED) is 0.694. The van der Waals surface area contributed by atoms with Crippen molar-refractivity contribution >= 4 is 11.9 Å². The highest BCUT2D eigenvalue weighted by atomic mass is 16.5. The predicted molar refractivity (Wildman–Crippen MR) is 72.4 cm³/mol. The molecule has 0 aliphatic heterocycles. The third-order valence-electron chi connectivity index (χ3n) is 4.61. The van der Waals surface area contributed by atoms with Crippen molar-refractivity contribution < 1.29 is 19.1 Å². The molecule has 6 nitrogen and oxygen atoms in total. The maximum Gasteiger partial charge on any atom is 0.329 e. The van der Waals surface area contributed by atoms with Gasteiger partial charge in [0.2, 0.25) is 0 Å². The van der Waals surface area contributed by atoms with Gasteiger partial charge in [0, 0.05) is 5.41 Å². The highest BCUT2D eigenvalue weighted by Crippen LogP contribution is 2.82. The van der Waals surface area contributed by atoms with Gasteiger partial charge in [-0.1, -0.05) is 26.7 Å². The fraction of sp³-hybridized carbons (Fsp3) is 0.733. The Bertz CT molecular complexity index is 483. The topological polar surface area (TPSA) is 100 Å². The maximum atomic E-state index is 12.3. The summed E-state index contributed by atoms with van der Waals surface area (Å²) in [5.41, 5.74) is -4.63. The van der Waals surface area contributed by atoms with E-state index in [2.05, 4.69) is 0 Å². The van der Waals surface area contributed by atoms with Gasteiger partial charge in [-0.25, -0.2) is 0 Å². The lowest BCUT2D eigenvalue weighted by atomic mass is 9.84. The summed E-state index contributed by atoms with van der Waals surface area (Å²) in [5, 5.41) is 19.3. The van der Waals surface area contributed by atoms with Crippen molar-refractivity contribution in [2.45, 2.75) is 39.5 Å².